The normalized spacial score (nSPS) is 16.3. The van der Waals surface area contributed by atoms with E-state index in [1.165, 1.54) is 4.68 Å². The van der Waals surface area contributed by atoms with Gasteiger partial charge in [-0.05, 0) is 13.3 Å². The highest BCUT2D eigenvalue weighted by molar-refractivity contribution is 5.59. The van der Waals surface area contributed by atoms with Crippen molar-refractivity contribution in [3.63, 3.8) is 0 Å². The summed E-state index contributed by atoms with van der Waals surface area (Å²) >= 11 is 0. The van der Waals surface area contributed by atoms with Crippen molar-refractivity contribution in [2.75, 3.05) is 51.3 Å². The standard InChI is InChI=1S/C13H24N6O3/c1-11-12(19(21)22)13(16(2)15-11)14-4-3-5-17-6-7-18(10-17)8-9-20/h14,20H,3-10H2,1-2H3. The summed E-state index contributed by atoms with van der Waals surface area (Å²) in [5.41, 5.74) is 0.479. The number of aromatic nitrogens is 2. The van der Waals surface area contributed by atoms with E-state index >= 15 is 0 Å². The molecule has 0 amide bonds. The maximum absolute atomic E-state index is 11.1. The molecule has 9 heteroatoms. The molecule has 2 heterocycles. The second-order valence-corrected chi connectivity index (χ2v) is 5.54. The zero-order chi connectivity index (χ0) is 16.1. The van der Waals surface area contributed by atoms with Crippen LogP contribution in [0.15, 0.2) is 0 Å². The Morgan fingerprint density at radius 3 is 2.68 bits per heavy atom. The van der Waals surface area contributed by atoms with Gasteiger partial charge in [-0.15, -0.1) is 0 Å². The summed E-state index contributed by atoms with van der Waals surface area (Å²) in [6, 6.07) is 0. The molecule has 124 valence electrons. The van der Waals surface area contributed by atoms with Gasteiger partial charge in [0.2, 0.25) is 5.82 Å². The molecular weight excluding hydrogens is 288 g/mol. The van der Waals surface area contributed by atoms with Gasteiger partial charge in [0.1, 0.15) is 5.69 Å². The Kier molecular flexibility index (Phi) is 5.69. The van der Waals surface area contributed by atoms with E-state index in [0.717, 1.165) is 39.3 Å². The largest absolute Gasteiger partial charge is 0.395 e. The lowest BCUT2D eigenvalue weighted by Gasteiger charge is -2.17. The molecule has 1 aromatic heterocycles. The molecule has 0 aliphatic carbocycles. The molecule has 1 aliphatic rings. The first-order chi connectivity index (χ1) is 10.5. The summed E-state index contributed by atoms with van der Waals surface area (Å²) in [6.45, 7) is 7.02. The summed E-state index contributed by atoms with van der Waals surface area (Å²) in [5.74, 6) is 0.464. The minimum Gasteiger partial charge on any atom is -0.395 e. The summed E-state index contributed by atoms with van der Waals surface area (Å²) in [5, 5.41) is 27.2. The van der Waals surface area contributed by atoms with Crippen molar-refractivity contribution in [1.29, 1.82) is 0 Å². The molecule has 1 aromatic rings. The van der Waals surface area contributed by atoms with E-state index in [2.05, 4.69) is 20.2 Å². The summed E-state index contributed by atoms with van der Waals surface area (Å²) < 4.78 is 1.52. The number of rotatable bonds is 8. The second kappa shape index (κ2) is 7.52. The number of anilines is 1. The molecule has 0 aromatic carbocycles. The van der Waals surface area contributed by atoms with E-state index in [0.29, 0.717) is 18.1 Å². The molecule has 1 saturated heterocycles. The minimum atomic E-state index is -0.391. The zero-order valence-corrected chi connectivity index (χ0v) is 13.2. The lowest BCUT2D eigenvalue weighted by molar-refractivity contribution is -0.384. The Bertz CT molecular complexity index is 518. The van der Waals surface area contributed by atoms with E-state index < -0.39 is 4.92 Å². The monoisotopic (exact) mass is 312 g/mol. The van der Waals surface area contributed by atoms with Crippen LogP contribution in [0.2, 0.25) is 0 Å². The lowest BCUT2D eigenvalue weighted by Crippen LogP contribution is -2.29. The molecule has 9 nitrogen and oxygen atoms in total. The molecule has 2 rings (SSSR count). The molecule has 0 unspecified atom stereocenters. The fourth-order valence-electron chi connectivity index (χ4n) is 2.79. The first kappa shape index (κ1) is 16.7. The molecule has 0 atom stereocenters. The van der Waals surface area contributed by atoms with Crippen LogP contribution in [0.1, 0.15) is 12.1 Å². The van der Waals surface area contributed by atoms with E-state index in [4.69, 9.17) is 5.11 Å². The Balaban J connectivity index is 1.77. The topological polar surface area (TPSA) is 99.7 Å². The molecule has 22 heavy (non-hydrogen) atoms. The van der Waals surface area contributed by atoms with Crippen LogP contribution in [-0.2, 0) is 7.05 Å². The van der Waals surface area contributed by atoms with Gasteiger partial charge >= 0.3 is 5.69 Å². The molecule has 2 N–H and O–H groups in total. The van der Waals surface area contributed by atoms with Crippen molar-refractivity contribution in [3.05, 3.63) is 15.8 Å². The van der Waals surface area contributed by atoms with E-state index in [1.54, 1.807) is 14.0 Å². The van der Waals surface area contributed by atoms with Crippen molar-refractivity contribution in [1.82, 2.24) is 19.6 Å². The molecule has 0 saturated carbocycles. The number of nitrogens with one attached hydrogen (secondary N) is 1. The first-order valence-electron chi connectivity index (χ1n) is 7.50. The third kappa shape index (κ3) is 3.93. The fourth-order valence-corrected chi connectivity index (χ4v) is 2.79. The van der Waals surface area contributed by atoms with Gasteiger partial charge in [0.15, 0.2) is 0 Å². The van der Waals surface area contributed by atoms with Gasteiger partial charge in [0, 0.05) is 39.8 Å². The van der Waals surface area contributed by atoms with Crippen molar-refractivity contribution in [2.45, 2.75) is 13.3 Å². The van der Waals surface area contributed by atoms with Gasteiger partial charge in [0.05, 0.1) is 18.2 Å². The zero-order valence-electron chi connectivity index (χ0n) is 13.2. The minimum absolute atomic E-state index is 0.0535. The number of aliphatic hydroxyl groups is 1. The predicted octanol–water partition coefficient (Wildman–Crippen LogP) is 0.00612. The van der Waals surface area contributed by atoms with Gasteiger partial charge in [-0.25, -0.2) is 4.68 Å². The van der Waals surface area contributed by atoms with Crippen molar-refractivity contribution >= 4 is 11.5 Å². The molecule has 1 fully saturated rings. The van der Waals surface area contributed by atoms with Crippen LogP contribution < -0.4 is 5.32 Å². The Labute approximate surface area is 129 Å². The van der Waals surface area contributed by atoms with E-state index in [9.17, 15) is 10.1 Å². The smallest absolute Gasteiger partial charge is 0.333 e. The molecule has 1 aliphatic heterocycles. The number of hydrogen-bond acceptors (Lipinski definition) is 7. The van der Waals surface area contributed by atoms with Gasteiger partial charge in [-0.2, -0.15) is 5.10 Å². The fraction of sp³-hybridized carbons (Fsp3) is 0.769. The van der Waals surface area contributed by atoms with E-state index in [1.807, 2.05) is 0 Å². The van der Waals surface area contributed by atoms with Crippen LogP contribution >= 0.6 is 0 Å². The number of nitrogens with zero attached hydrogens (tertiary/aromatic N) is 5. The molecule has 0 spiro atoms. The summed E-state index contributed by atoms with van der Waals surface area (Å²) in [6.07, 6.45) is 0.897. The number of aliphatic hydroxyl groups excluding tert-OH is 1. The van der Waals surface area contributed by atoms with Crippen LogP contribution in [0.4, 0.5) is 11.5 Å². The van der Waals surface area contributed by atoms with Crippen LogP contribution in [-0.4, -0.2) is 75.6 Å². The van der Waals surface area contributed by atoms with Crippen LogP contribution in [0.5, 0.6) is 0 Å². The highest BCUT2D eigenvalue weighted by Gasteiger charge is 2.23. The second-order valence-electron chi connectivity index (χ2n) is 5.54. The summed E-state index contributed by atoms with van der Waals surface area (Å²) in [7, 11) is 1.70. The summed E-state index contributed by atoms with van der Waals surface area (Å²) in [4.78, 5) is 15.2. The maximum Gasteiger partial charge on any atom is 0.333 e. The molecule has 0 radical (unpaired) electrons. The number of nitro groups is 1. The third-order valence-electron chi connectivity index (χ3n) is 3.87. The van der Waals surface area contributed by atoms with Gasteiger partial charge in [-0.3, -0.25) is 19.9 Å². The Morgan fingerprint density at radius 1 is 1.36 bits per heavy atom. The number of hydrogen-bond donors (Lipinski definition) is 2. The number of β-amino-alcohol motifs (C(OH)–C–C–N with tert-alkyl or cyclic N) is 1. The van der Waals surface area contributed by atoms with E-state index in [-0.39, 0.29) is 12.3 Å². The SMILES string of the molecule is Cc1nn(C)c(NCCCN2CCN(CCO)C2)c1[N+](=O)[O-]. The average molecular weight is 312 g/mol. The quantitative estimate of drug-likeness (QED) is 0.396. The number of aryl methyl sites for hydroxylation is 2. The van der Waals surface area contributed by atoms with Gasteiger partial charge in [0.25, 0.3) is 0 Å². The van der Waals surface area contributed by atoms with Crippen molar-refractivity contribution in [2.24, 2.45) is 7.05 Å². The molecular formula is C13H24N6O3. The highest BCUT2D eigenvalue weighted by atomic mass is 16.6. The van der Waals surface area contributed by atoms with Crippen molar-refractivity contribution < 1.29 is 10.0 Å². The lowest BCUT2D eigenvalue weighted by atomic mass is 10.3. The van der Waals surface area contributed by atoms with Gasteiger partial charge in [-0.1, -0.05) is 0 Å². The van der Waals surface area contributed by atoms with Crippen LogP contribution in [0.3, 0.4) is 0 Å². The first-order valence-corrected chi connectivity index (χ1v) is 7.50. The van der Waals surface area contributed by atoms with Gasteiger partial charge < -0.3 is 10.4 Å². The van der Waals surface area contributed by atoms with Crippen LogP contribution in [0, 0.1) is 17.0 Å². The third-order valence-corrected chi connectivity index (χ3v) is 3.87. The highest BCUT2D eigenvalue weighted by Crippen LogP contribution is 2.27. The average Bonchev–Trinajstić information content (AvgIpc) is 3.00. The molecule has 0 bridgehead atoms. The van der Waals surface area contributed by atoms with Crippen molar-refractivity contribution in [3.8, 4) is 0 Å². The Morgan fingerprint density at radius 2 is 2.05 bits per heavy atom. The van der Waals surface area contributed by atoms with Crippen LogP contribution in [0.25, 0.3) is 0 Å². The Hall–Kier alpha value is -1.71. The maximum atomic E-state index is 11.1. The predicted molar refractivity (Wildman–Crippen MR) is 82.8 cm³/mol.